The fourth-order valence-corrected chi connectivity index (χ4v) is 2.14. The maximum Gasteiger partial charge on any atom is 0.337 e. The first kappa shape index (κ1) is 13.4. The van der Waals surface area contributed by atoms with Crippen LogP contribution in [-0.2, 0) is 4.74 Å². The SMILES string of the molecule is COc1ccc(OC)c([N+](=O)[O-])c1N1CCOCC1. The van der Waals surface area contributed by atoms with Crippen molar-refractivity contribution in [2.75, 3.05) is 45.4 Å². The van der Waals surface area contributed by atoms with Crippen LogP contribution in [0.5, 0.6) is 11.5 Å². The van der Waals surface area contributed by atoms with Gasteiger partial charge in [-0.1, -0.05) is 0 Å². The Morgan fingerprint density at radius 1 is 1.21 bits per heavy atom. The molecule has 1 saturated heterocycles. The highest BCUT2D eigenvalue weighted by molar-refractivity contribution is 5.76. The molecule has 0 unspecified atom stereocenters. The van der Waals surface area contributed by atoms with E-state index in [-0.39, 0.29) is 11.4 Å². The van der Waals surface area contributed by atoms with Gasteiger partial charge in [-0.3, -0.25) is 10.1 Å². The topological polar surface area (TPSA) is 74.1 Å². The fraction of sp³-hybridized carbons (Fsp3) is 0.500. The van der Waals surface area contributed by atoms with Crippen molar-refractivity contribution in [1.29, 1.82) is 0 Å². The van der Waals surface area contributed by atoms with Gasteiger partial charge in [0.25, 0.3) is 0 Å². The standard InChI is InChI=1S/C12H16N2O5/c1-17-9-3-4-10(18-2)12(14(15)16)11(9)13-5-7-19-8-6-13/h3-4H,5-8H2,1-2H3. The lowest BCUT2D eigenvalue weighted by atomic mass is 10.2. The van der Waals surface area contributed by atoms with Gasteiger partial charge >= 0.3 is 5.69 Å². The molecule has 0 spiro atoms. The Hall–Kier alpha value is -2.02. The third-order valence-electron chi connectivity index (χ3n) is 3.03. The summed E-state index contributed by atoms with van der Waals surface area (Å²) in [6, 6.07) is 3.22. The van der Waals surface area contributed by atoms with Crippen molar-refractivity contribution in [3.63, 3.8) is 0 Å². The molecule has 2 rings (SSSR count). The minimum Gasteiger partial charge on any atom is -0.494 e. The molecule has 0 saturated carbocycles. The van der Waals surface area contributed by atoms with Crippen molar-refractivity contribution < 1.29 is 19.1 Å². The summed E-state index contributed by atoms with van der Waals surface area (Å²) < 4.78 is 15.6. The highest BCUT2D eigenvalue weighted by Crippen LogP contribution is 2.44. The molecule has 7 heteroatoms. The summed E-state index contributed by atoms with van der Waals surface area (Å²) in [6.45, 7) is 2.25. The number of nitro groups is 1. The van der Waals surface area contributed by atoms with Gasteiger partial charge in [0, 0.05) is 13.1 Å². The largest absolute Gasteiger partial charge is 0.494 e. The summed E-state index contributed by atoms with van der Waals surface area (Å²) in [5, 5.41) is 11.3. The Balaban J connectivity index is 2.55. The average Bonchev–Trinajstić information content (AvgIpc) is 2.46. The number of hydrogen-bond donors (Lipinski definition) is 0. The van der Waals surface area contributed by atoms with Crippen LogP contribution in [0.15, 0.2) is 12.1 Å². The number of hydrogen-bond acceptors (Lipinski definition) is 6. The van der Waals surface area contributed by atoms with Crippen LogP contribution in [-0.4, -0.2) is 45.4 Å². The van der Waals surface area contributed by atoms with Crippen molar-refractivity contribution >= 4 is 11.4 Å². The molecule has 1 fully saturated rings. The van der Waals surface area contributed by atoms with Crippen molar-refractivity contribution in [3.8, 4) is 11.5 Å². The molecular weight excluding hydrogens is 252 g/mol. The number of benzene rings is 1. The quantitative estimate of drug-likeness (QED) is 0.607. The van der Waals surface area contributed by atoms with Crippen LogP contribution in [0.3, 0.4) is 0 Å². The Morgan fingerprint density at radius 3 is 2.32 bits per heavy atom. The summed E-state index contributed by atoms with van der Waals surface area (Å²) in [6.07, 6.45) is 0. The van der Waals surface area contributed by atoms with E-state index in [4.69, 9.17) is 14.2 Å². The Bertz CT molecular complexity index is 471. The van der Waals surface area contributed by atoms with Gasteiger partial charge in [-0.15, -0.1) is 0 Å². The molecular formula is C12H16N2O5. The average molecular weight is 268 g/mol. The molecule has 0 N–H and O–H groups in total. The van der Waals surface area contributed by atoms with Gasteiger partial charge in [0.1, 0.15) is 5.75 Å². The lowest BCUT2D eigenvalue weighted by Gasteiger charge is -2.29. The number of nitro benzene ring substituents is 1. The predicted molar refractivity (Wildman–Crippen MR) is 69.2 cm³/mol. The van der Waals surface area contributed by atoms with Crippen LogP contribution >= 0.6 is 0 Å². The van der Waals surface area contributed by atoms with E-state index < -0.39 is 4.92 Å². The molecule has 0 atom stereocenters. The summed E-state index contributed by atoms with van der Waals surface area (Å²) >= 11 is 0. The van der Waals surface area contributed by atoms with Gasteiger partial charge in [0.2, 0.25) is 0 Å². The first-order valence-corrected chi connectivity index (χ1v) is 5.91. The van der Waals surface area contributed by atoms with Crippen molar-refractivity contribution in [2.24, 2.45) is 0 Å². The molecule has 1 aliphatic heterocycles. The van der Waals surface area contributed by atoms with Gasteiger partial charge in [-0.25, -0.2) is 0 Å². The van der Waals surface area contributed by atoms with Crippen molar-refractivity contribution in [1.82, 2.24) is 0 Å². The molecule has 0 aliphatic carbocycles. The molecule has 1 aromatic rings. The monoisotopic (exact) mass is 268 g/mol. The van der Waals surface area contributed by atoms with E-state index in [2.05, 4.69) is 0 Å². The molecule has 0 bridgehead atoms. The maximum absolute atomic E-state index is 11.3. The summed E-state index contributed by atoms with van der Waals surface area (Å²) in [5.74, 6) is 0.696. The number of nitrogens with zero attached hydrogens (tertiary/aromatic N) is 2. The van der Waals surface area contributed by atoms with Gasteiger partial charge in [-0.2, -0.15) is 0 Å². The number of anilines is 1. The van der Waals surface area contributed by atoms with Gasteiger partial charge in [-0.05, 0) is 12.1 Å². The van der Waals surface area contributed by atoms with E-state index >= 15 is 0 Å². The lowest BCUT2D eigenvalue weighted by Crippen LogP contribution is -2.36. The van der Waals surface area contributed by atoms with E-state index in [1.54, 1.807) is 12.1 Å². The predicted octanol–water partition coefficient (Wildman–Crippen LogP) is 1.45. The van der Waals surface area contributed by atoms with Crippen LogP contribution in [0.1, 0.15) is 0 Å². The number of methoxy groups -OCH3 is 2. The number of morpholine rings is 1. The molecule has 7 nitrogen and oxygen atoms in total. The van der Waals surface area contributed by atoms with Crippen LogP contribution in [0.4, 0.5) is 11.4 Å². The molecule has 0 amide bonds. The normalized spacial score (nSPS) is 15.2. The minimum absolute atomic E-state index is 0.0660. The molecule has 19 heavy (non-hydrogen) atoms. The Kier molecular flexibility index (Phi) is 4.06. The van der Waals surface area contributed by atoms with Gasteiger partial charge in [0.15, 0.2) is 11.4 Å². The van der Waals surface area contributed by atoms with E-state index in [9.17, 15) is 10.1 Å². The molecule has 104 valence electrons. The second-order valence-electron chi connectivity index (χ2n) is 4.02. The van der Waals surface area contributed by atoms with Crippen LogP contribution in [0.2, 0.25) is 0 Å². The van der Waals surface area contributed by atoms with Crippen molar-refractivity contribution in [3.05, 3.63) is 22.2 Å². The van der Waals surface area contributed by atoms with E-state index in [0.29, 0.717) is 37.7 Å². The highest BCUT2D eigenvalue weighted by Gasteiger charge is 2.30. The van der Waals surface area contributed by atoms with Gasteiger partial charge in [0.05, 0.1) is 32.4 Å². The smallest absolute Gasteiger partial charge is 0.337 e. The third kappa shape index (κ3) is 2.55. The van der Waals surface area contributed by atoms with Crippen molar-refractivity contribution in [2.45, 2.75) is 0 Å². The second kappa shape index (κ2) is 5.75. The molecule has 0 aromatic heterocycles. The molecule has 1 heterocycles. The van der Waals surface area contributed by atoms with E-state index in [0.717, 1.165) is 0 Å². The van der Waals surface area contributed by atoms with Gasteiger partial charge < -0.3 is 19.1 Å². The zero-order chi connectivity index (χ0) is 13.8. The maximum atomic E-state index is 11.3. The lowest BCUT2D eigenvalue weighted by molar-refractivity contribution is -0.385. The Morgan fingerprint density at radius 2 is 1.79 bits per heavy atom. The number of ether oxygens (including phenoxy) is 3. The number of rotatable bonds is 4. The van der Waals surface area contributed by atoms with E-state index in [1.807, 2.05) is 4.90 Å². The second-order valence-corrected chi connectivity index (χ2v) is 4.02. The zero-order valence-corrected chi connectivity index (χ0v) is 10.9. The van der Waals surface area contributed by atoms with Crippen LogP contribution in [0.25, 0.3) is 0 Å². The zero-order valence-electron chi connectivity index (χ0n) is 10.9. The van der Waals surface area contributed by atoms with E-state index in [1.165, 1.54) is 14.2 Å². The summed E-state index contributed by atoms with van der Waals surface area (Å²) in [4.78, 5) is 12.8. The fourth-order valence-electron chi connectivity index (χ4n) is 2.14. The Labute approximate surface area is 110 Å². The highest BCUT2D eigenvalue weighted by atomic mass is 16.6. The first-order chi connectivity index (χ1) is 9.19. The molecule has 1 aromatic carbocycles. The summed E-state index contributed by atoms with van der Waals surface area (Å²) in [5.41, 5.74) is 0.388. The molecule has 0 radical (unpaired) electrons. The first-order valence-electron chi connectivity index (χ1n) is 5.91. The van der Waals surface area contributed by atoms with Crippen LogP contribution < -0.4 is 14.4 Å². The summed E-state index contributed by atoms with van der Waals surface area (Å²) in [7, 11) is 2.91. The third-order valence-corrected chi connectivity index (χ3v) is 3.03. The van der Waals surface area contributed by atoms with Crippen LogP contribution in [0, 0.1) is 10.1 Å². The minimum atomic E-state index is -0.438. The molecule has 1 aliphatic rings.